The number of aliphatic carboxylic acids is 1. The van der Waals surface area contributed by atoms with Crippen LogP contribution in [0.5, 0.6) is 0 Å². The molecule has 240 valence electrons. The highest BCUT2D eigenvalue weighted by Crippen LogP contribution is 2.68. The summed E-state index contributed by atoms with van der Waals surface area (Å²) in [6.45, 7) is -0.0803. The minimum absolute atomic E-state index is 0.0807. The molecule has 0 aliphatic carbocycles. The van der Waals surface area contributed by atoms with Crippen LogP contribution in [0.25, 0.3) is 0 Å². The molecule has 0 bridgehead atoms. The second-order valence-electron chi connectivity index (χ2n) is 8.83. The number of nitrogens with zero attached hydrogens (tertiary/aromatic N) is 1. The summed E-state index contributed by atoms with van der Waals surface area (Å²) in [6.07, 6.45) is -0.981. The molecule has 2 aliphatic heterocycles. The maximum absolute atomic E-state index is 13.2. The van der Waals surface area contributed by atoms with Crippen molar-refractivity contribution in [2.45, 2.75) is 29.0 Å². The number of carbonyl (C=O) groups excluding carboxylic acids is 3. The molecule has 3 amide bonds. The number of hydrogen-bond acceptors (Lipinski definition) is 14. The molecule has 43 heavy (non-hydrogen) atoms. The Kier molecular flexibility index (Phi) is 12.5. The smallest absolute Gasteiger partial charge is 0.404 e. The summed E-state index contributed by atoms with van der Waals surface area (Å²) in [6, 6.07) is 3.52. The van der Waals surface area contributed by atoms with E-state index >= 15 is 0 Å². The number of nitrogens with two attached hydrogens (primary N) is 1. The van der Waals surface area contributed by atoms with Gasteiger partial charge in [-0.25, -0.2) is 9.59 Å². The Morgan fingerprint density at radius 3 is 2.30 bits per heavy atom. The summed E-state index contributed by atoms with van der Waals surface area (Å²) in [4.78, 5) is 50.9. The van der Waals surface area contributed by atoms with Crippen LogP contribution in [0.15, 0.2) is 23.4 Å². The zero-order valence-corrected chi connectivity index (χ0v) is 27.4. The fraction of sp³-hybridized carbons (Fsp3) is 0.565. The molecule has 6 N–H and O–H groups in total. The molecule has 3 rings (SSSR count). The maximum Gasteiger partial charge on any atom is 0.404 e. The second-order valence-corrected chi connectivity index (χ2v) is 15.4. The Bertz CT molecular complexity index is 1220. The van der Waals surface area contributed by atoms with Gasteiger partial charge in [-0.05, 0) is 12.1 Å². The minimum atomic E-state index is -1.77. The quantitative estimate of drug-likeness (QED) is 0.0898. The number of nitrogens with one attached hydrogen (secondary N) is 2. The van der Waals surface area contributed by atoms with Gasteiger partial charge in [0.1, 0.15) is 17.7 Å². The molecule has 2 atom stereocenters. The lowest BCUT2D eigenvalue weighted by molar-refractivity contribution is -0.192. The van der Waals surface area contributed by atoms with Crippen LogP contribution in [-0.4, -0.2) is 110 Å². The first kappa shape index (κ1) is 35.4. The first-order valence-electron chi connectivity index (χ1n) is 12.4. The number of primary amides is 1. The van der Waals surface area contributed by atoms with E-state index in [1.54, 1.807) is 12.1 Å². The summed E-state index contributed by atoms with van der Waals surface area (Å²) < 4.78 is 31.5. The highest BCUT2D eigenvalue weighted by molar-refractivity contribution is 8.00. The van der Waals surface area contributed by atoms with E-state index in [0.717, 1.165) is 21.7 Å². The van der Waals surface area contributed by atoms with Crippen LogP contribution >= 0.6 is 39.8 Å². The largest absolute Gasteiger partial charge is 0.477 e. The number of carboxylic acids is 1. The number of β-lactam (4-membered cyclic amide) rings is 1. The van der Waals surface area contributed by atoms with Crippen molar-refractivity contribution in [2.24, 2.45) is 5.73 Å². The predicted molar refractivity (Wildman–Crippen MR) is 159 cm³/mol. The lowest BCUT2D eigenvalue weighted by Gasteiger charge is -2.55. The molecule has 0 radical (unpaired) electrons. The van der Waals surface area contributed by atoms with Gasteiger partial charge in [0, 0.05) is 64.7 Å². The zero-order chi connectivity index (χ0) is 31.9. The first-order chi connectivity index (χ1) is 20.4. The van der Waals surface area contributed by atoms with Crippen molar-refractivity contribution in [2.75, 3.05) is 59.8 Å². The molecule has 0 spiro atoms. The molecule has 1 saturated heterocycles. The fourth-order valence-corrected chi connectivity index (χ4v) is 10.4. The Morgan fingerprint density at radius 1 is 1.14 bits per heavy atom. The number of carbonyl (C=O) groups is 4. The van der Waals surface area contributed by atoms with Gasteiger partial charge in [0.25, 0.3) is 11.6 Å². The van der Waals surface area contributed by atoms with E-state index in [1.165, 1.54) is 46.9 Å². The summed E-state index contributed by atoms with van der Waals surface area (Å²) in [5.74, 6) is -2.57. The Balaban J connectivity index is 1.63. The molecule has 2 aliphatic rings. The number of hydrogen-bond donors (Lipinski definition) is 5. The number of fused-ring (bicyclic) bond motifs is 1. The van der Waals surface area contributed by atoms with Crippen molar-refractivity contribution < 1.29 is 57.0 Å². The summed E-state index contributed by atoms with van der Waals surface area (Å²) in [5, 5.41) is 25.2. The van der Waals surface area contributed by atoms with Crippen molar-refractivity contribution in [3.63, 3.8) is 0 Å². The first-order valence-corrected chi connectivity index (χ1v) is 16.6. The third-order valence-corrected chi connectivity index (χ3v) is 12.7. The van der Waals surface area contributed by atoms with Crippen molar-refractivity contribution in [1.82, 2.24) is 10.2 Å². The normalized spacial score (nSPS) is 20.2. The van der Waals surface area contributed by atoms with Gasteiger partial charge in [0.15, 0.2) is 0 Å². The molecule has 20 heteroatoms. The lowest BCUT2D eigenvalue weighted by atomic mass is 9.98. The van der Waals surface area contributed by atoms with Crippen LogP contribution in [0.2, 0.25) is 0 Å². The van der Waals surface area contributed by atoms with Gasteiger partial charge in [-0.15, -0.1) is 23.1 Å². The maximum atomic E-state index is 13.2. The van der Waals surface area contributed by atoms with Gasteiger partial charge in [-0.1, -0.05) is 0 Å². The Hall–Kier alpha value is -2.11. The third kappa shape index (κ3) is 7.41. The second kappa shape index (κ2) is 15.3. The van der Waals surface area contributed by atoms with Crippen LogP contribution in [0.1, 0.15) is 11.3 Å². The third-order valence-electron chi connectivity index (χ3n) is 6.35. The van der Waals surface area contributed by atoms with Gasteiger partial charge in [0.2, 0.25) is 27.7 Å². The van der Waals surface area contributed by atoms with Crippen LogP contribution in [-0.2, 0) is 48.4 Å². The number of methoxy groups -OCH3 is 1. The van der Waals surface area contributed by atoms with Gasteiger partial charge in [-0.3, -0.25) is 14.5 Å². The van der Waals surface area contributed by atoms with Crippen molar-refractivity contribution in [3.8, 4) is 0 Å². The number of anilines is 1. The molecule has 1 aromatic heterocycles. The van der Waals surface area contributed by atoms with Gasteiger partial charge < -0.3 is 54.1 Å². The summed E-state index contributed by atoms with van der Waals surface area (Å²) >= 11 is 2.45. The van der Waals surface area contributed by atoms with E-state index in [1.807, 2.05) is 0 Å². The summed E-state index contributed by atoms with van der Waals surface area (Å²) in [7, 11) is 3.50. The van der Waals surface area contributed by atoms with Gasteiger partial charge >= 0.3 is 12.1 Å². The van der Waals surface area contributed by atoms with Crippen LogP contribution in [0.3, 0.4) is 0 Å². The number of thioether (sulfide) groups is 1. The lowest BCUT2D eigenvalue weighted by Crippen LogP contribution is -2.80. The van der Waals surface area contributed by atoms with E-state index in [2.05, 4.69) is 10.6 Å². The van der Waals surface area contributed by atoms with Crippen LogP contribution in [0.4, 0.5) is 9.80 Å². The van der Waals surface area contributed by atoms with Crippen molar-refractivity contribution in [3.05, 3.63) is 28.3 Å². The highest BCUT2D eigenvalue weighted by Gasteiger charge is 2.66. The van der Waals surface area contributed by atoms with Crippen LogP contribution < -0.4 is 16.4 Å². The van der Waals surface area contributed by atoms with Crippen LogP contribution in [0, 0.1) is 0 Å². The number of amides is 3. The Morgan fingerprint density at radius 2 is 1.77 bits per heavy atom. The van der Waals surface area contributed by atoms with E-state index in [4.69, 9.17) is 33.3 Å². The number of aliphatic hydroxyl groups is 1. The zero-order valence-electron chi connectivity index (χ0n) is 24.0. The van der Waals surface area contributed by atoms with Gasteiger partial charge in [-0.2, -0.15) is 0 Å². The molecule has 3 heterocycles. The summed E-state index contributed by atoms with van der Waals surface area (Å²) in [5.41, 5.74) is 3.06. The molecular weight excluding hydrogens is 650 g/mol. The van der Waals surface area contributed by atoms with E-state index in [9.17, 15) is 29.4 Å². The molecule has 0 unspecified atom stereocenters. The average Bonchev–Trinajstić information content (AvgIpc) is 3.41. The van der Waals surface area contributed by atoms with E-state index < -0.39 is 56.8 Å². The number of thiophene rings is 1. The molecule has 0 saturated carbocycles. The SMILES string of the molecule is COP(OC)C(O)(CCNc1ccc(CC(=O)N[C@]2(OC)C(=O)N3C(C(=O)O)=C(COC(N)=O)CS[C@H]32)s1)P(OC)OC. The van der Waals surface area contributed by atoms with Gasteiger partial charge in [0.05, 0.1) is 11.4 Å². The van der Waals surface area contributed by atoms with E-state index in [0.29, 0.717) is 11.4 Å². The number of ether oxygens (including phenoxy) is 2. The molecule has 1 aromatic rings. The predicted octanol–water partition coefficient (Wildman–Crippen LogP) is 1.76. The monoisotopic (exact) mass is 684 g/mol. The highest BCUT2D eigenvalue weighted by atomic mass is 32.2. The molecular formula is C23H34N4O12P2S2. The molecule has 16 nitrogen and oxygen atoms in total. The van der Waals surface area contributed by atoms with E-state index in [-0.39, 0.29) is 36.5 Å². The average molecular weight is 685 g/mol. The fourth-order valence-electron chi connectivity index (χ4n) is 4.53. The molecule has 0 aromatic carbocycles. The Labute approximate surface area is 258 Å². The van der Waals surface area contributed by atoms with Crippen molar-refractivity contribution >= 4 is 68.7 Å². The molecule has 1 fully saturated rings. The standard InChI is InChI=1S/C23H34N4O12P2S2/c1-34-23(19(31)27-17(18(29)30)13(11-39-21(24)32)12-42-20(23)27)26-15(28)10-14-6-7-16(43-14)25-9-8-22(33,40(35-2)36-3)41(37-4)38-5/h6-7,20,25,33H,8-12H2,1-5H3,(H2,24,32)(H,26,28)(H,29,30)/t20-,23-/m0/s1. The number of carboxylic acid groups (broad SMARTS) is 1. The topological polar surface area (TPSA) is 217 Å². The van der Waals surface area contributed by atoms with Crippen molar-refractivity contribution in [1.29, 1.82) is 0 Å². The number of rotatable bonds is 17. The minimum Gasteiger partial charge on any atom is -0.477 e.